The zero-order valence-corrected chi connectivity index (χ0v) is 20.1. The van der Waals surface area contributed by atoms with E-state index >= 15 is 0 Å². The van der Waals surface area contributed by atoms with Gasteiger partial charge in [0, 0.05) is 55.4 Å². The van der Waals surface area contributed by atoms with Crippen molar-refractivity contribution in [1.82, 2.24) is 4.90 Å². The Balaban J connectivity index is 1.30. The van der Waals surface area contributed by atoms with Gasteiger partial charge >= 0.3 is 0 Å². The third kappa shape index (κ3) is 5.18. The Morgan fingerprint density at radius 3 is 2.66 bits per heavy atom. The number of β-amino-alcohol motifs (C(OH)–C–C–N with tert-alkyl or cyclic N) is 1. The molecule has 32 heavy (non-hydrogen) atoms. The molecular weight excluding hydrogens is 473 g/mol. The summed E-state index contributed by atoms with van der Waals surface area (Å²) >= 11 is 18.4. The van der Waals surface area contributed by atoms with Gasteiger partial charge in [0.2, 0.25) is 0 Å². The molecule has 4 rings (SSSR count). The maximum atomic E-state index is 12.2. The van der Waals surface area contributed by atoms with Crippen LogP contribution in [0.3, 0.4) is 0 Å². The highest BCUT2D eigenvalue weighted by molar-refractivity contribution is 6.36. The van der Waals surface area contributed by atoms with E-state index in [1.807, 2.05) is 18.2 Å². The number of carbonyl (C=O) groups excluding carboxylic acids is 1. The second-order valence-electron chi connectivity index (χ2n) is 8.52. The van der Waals surface area contributed by atoms with Gasteiger partial charge in [0.1, 0.15) is 29.8 Å². The molecule has 2 aromatic carbocycles. The van der Waals surface area contributed by atoms with Gasteiger partial charge in [-0.05, 0) is 35.9 Å². The van der Waals surface area contributed by atoms with Crippen LogP contribution >= 0.6 is 34.8 Å². The number of fused-ring (bicyclic) bond motifs is 1. The van der Waals surface area contributed by atoms with Crippen molar-refractivity contribution in [3.05, 3.63) is 56.5 Å². The average molecular weight is 499 g/mol. The molecule has 1 N–H and O–H groups in total. The van der Waals surface area contributed by atoms with E-state index in [-0.39, 0.29) is 28.8 Å². The minimum atomic E-state index is -0.721. The maximum absolute atomic E-state index is 12.2. The summed E-state index contributed by atoms with van der Waals surface area (Å²) in [6.45, 7) is 3.91. The third-order valence-corrected chi connectivity index (χ3v) is 6.88. The van der Waals surface area contributed by atoms with E-state index in [9.17, 15) is 9.90 Å². The first kappa shape index (κ1) is 23.7. The maximum Gasteiger partial charge on any atom is 0.166 e. The Hall–Kier alpha value is -1.50. The molecule has 8 heteroatoms. The van der Waals surface area contributed by atoms with Crippen molar-refractivity contribution in [2.45, 2.75) is 44.3 Å². The molecule has 0 bridgehead atoms. The predicted octanol–water partition coefficient (Wildman–Crippen LogP) is 5.45. The summed E-state index contributed by atoms with van der Waals surface area (Å²) in [5, 5.41) is 11.9. The van der Waals surface area contributed by atoms with Gasteiger partial charge in [-0.15, -0.1) is 0 Å². The molecule has 0 aliphatic carbocycles. The highest BCUT2D eigenvalue weighted by Gasteiger charge is 2.42. The van der Waals surface area contributed by atoms with Crippen molar-refractivity contribution < 1.29 is 19.4 Å². The van der Waals surface area contributed by atoms with Crippen LogP contribution < -0.4 is 9.47 Å². The lowest BCUT2D eigenvalue weighted by atomic mass is 9.87. The lowest BCUT2D eigenvalue weighted by Crippen LogP contribution is -2.49. The predicted molar refractivity (Wildman–Crippen MR) is 127 cm³/mol. The summed E-state index contributed by atoms with van der Waals surface area (Å²) in [4.78, 5) is 14.4. The molecule has 1 spiro atoms. The standard InChI is InChI=1S/C24H26Cl3NO4/c1-2-21(30)19-10-17(26)11-20(27)23(19)31-14-18(29)13-28-7-5-24(6-8-28)12-15-9-16(25)3-4-22(15)32-24/h3-4,9-11,18,29H,2,5-8,12-14H2,1H3/t18-/m1/s1. The zero-order chi connectivity index (χ0) is 22.9. The van der Waals surface area contributed by atoms with Crippen molar-refractivity contribution in [1.29, 1.82) is 0 Å². The van der Waals surface area contributed by atoms with E-state index in [4.69, 9.17) is 44.3 Å². The molecule has 1 saturated heterocycles. The molecule has 0 aromatic heterocycles. The summed E-state index contributed by atoms with van der Waals surface area (Å²) in [5.41, 5.74) is 1.32. The third-order valence-electron chi connectivity index (χ3n) is 6.15. The van der Waals surface area contributed by atoms with Crippen molar-refractivity contribution in [2.75, 3.05) is 26.2 Å². The summed E-state index contributed by atoms with van der Waals surface area (Å²) < 4.78 is 12.1. The summed E-state index contributed by atoms with van der Waals surface area (Å²) in [6, 6.07) is 8.88. The molecular formula is C24H26Cl3NO4. The fraction of sp³-hybridized carbons (Fsp3) is 0.458. The van der Waals surface area contributed by atoms with Crippen molar-refractivity contribution >= 4 is 40.6 Å². The summed E-state index contributed by atoms with van der Waals surface area (Å²) in [6.07, 6.45) is 2.21. The van der Waals surface area contributed by atoms with Crippen molar-refractivity contribution in [3.63, 3.8) is 0 Å². The summed E-state index contributed by atoms with van der Waals surface area (Å²) in [7, 11) is 0. The molecule has 2 heterocycles. The Morgan fingerprint density at radius 1 is 1.19 bits per heavy atom. The van der Waals surface area contributed by atoms with E-state index in [1.165, 1.54) is 6.07 Å². The largest absolute Gasteiger partial charge is 0.489 e. The van der Waals surface area contributed by atoms with Crippen LogP contribution in [0.2, 0.25) is 15.1 Å². The number of benzene rings is 2. The second-order valence-corrected chi connectivity index (χ2v) is 9.80. The van der Waals surface area contributed by atoms with Gasteiger partial charge in [-0.1, -0.05) is 41.7 Å². The van der Waals surface area contributed by atoms with Gasteiger partial charge < -0.3 is 19.5 Å². The van der Waals surface area contributed by atoms with Crippen molar-refractivity contribution in [2.24, 2.45) is 0 Å². The van der Waals surface area contributed by atoms with Crippen LogP contribution in [0.15, 0.2) is 30.3 Å². The second kappa shape index (κ2) is 9.78. The van der Waals surface area contributed by atoms with Crippen LogP contribution in [0, 0.1) is 0 Å². The number of nitrogens with zero attached hydrogens (tertiary/aromatic N) is 1. The number of hydrogen-bond acceptors (Lipinski definition) is 5. The lowest BCUT2D eigenvalue weighted by Gasteiger charge is -2.39. The number of aliphatic hydroxyl groups excluding tert-OH is 1. The number of likely N-dealkylation sites (tertiary alicyclic amines) is 1. The number of hydrogen-bond donors (Lipinski definition) is 1. The van der Waals surface area contributed by atoms with E-state index < -0.39 is 6.10 Å². The number of rotatable bonds is 7. The van der Waals surface area contributed by atoms with Crippen LogP contribution in [-0.4, -0.2) is 53.7 Å². The van der Waals surface area contributed by atoms with Gasteiger partial charge in [-0.25, -0.2) is 0 Å². The molecule has 1 fully saturated rings. The monoisotopic (exact) mass is 497 g/mol. The number of aliphatic hydroxyl groups is 1. The van der Waals surface area contributed by atoms with Crippen LogP contribution in [0.5, 0.6) is 11.5 Å². The van der Waals surface area contributed by atoms with E-state index in [0.717, 1.165) is 48.7 Å². The van der Waals surface area contributed by atoms with Crippen LogP contribution in [0.1, 0.15) is 42.1 Å². The highest BCUT2D eigenvalue weighted by atomic mass is 35.5. The molecule has 172 valence electrons. The fourth-order valence-electron chi connectivity index (χ4n) is 4.46. The normalized spacial score (nSPS) is 18.3. The molecule has 2 aromatic rings. The highest BCUT2D eigenvalue weighted by Crippen LogP contribution is 2.42. The first-order valence-electron chi connectivity index (χ1n) is 10.8. The minimum Gasteiger partial charge on any atom is -0.489 e. The van der Waals surface area contributed by atoms with Gasteiger partial charge in [-0.3, -0.25) is 4.79 Å². The van der Waals surface area contributed by atoms with E-state index in [2.05, 4.69) is 4.90 Å². The van der Waals surface area contributed by atoms with Crippen LogP contribution in [-0.2, 0) is 6.42 Å². The number of ketones is 1. The molecule has 0 amide bonds. The van der Waals surface area contributed by atoms with Gasteiger partial charge in [0.05, 0.1) is 10.6 Å². The first-order valence-corrected chi connectivity index (χ1v) is 11.9. The molecule has 5 nitrogen and oxygen atoms in total. The lowest BCUT2D eigenvalue weighted by molar-refractivity contribution is -0.00199. The molecule has 2 aliphatic heterocycles. The fourth-order valence-corrected chi connectivity index (χ4v) is 5.20. The zero-order valence-electron chi connectivity index (χ0n) is 17.9. The molecule has 0 radical (unpaired) electrons. The van der Waals surface area contributed by atoms with Crippen LogP contribution in [0.25, 0.3) is 0 Å². The first-order chi connectivity index (χ1) is 15.3. The van der Waals surface area contributed by atoms with Crippen molar-refractivity contribution in [3.8, 4) is 11.5 Å². The number of ether oxygens (including phenoxy) is 2. The topological polar surface area (TPSA) is 59.0 Å². The Bertz CT molecular complexity index is 1000. The quantitative estimate of drug-likeness (QED) is 0.515. The van der Waals surface area contributed by atoms with Gasteiger partial charge in [0.15, 0.2) is 5.78 Å². The van der Waals surface area contributed by atoms with Crippen LogP contribution in [0.4, 0.5) is 0 Å². The Labute approximate surface area is 203 Å². The number of Topliss-reactive ketones (excluding diaryl/α,β-unsaturated/α-hetero) is 1. The van der Waals surface area contributed by atoms with Gasteiger partial charge in [-0.2, -0.15) is 0 Å². The van der Waals surface area contributed by atoms with Gasteiger partial charge in [0.25, 0.3) is 0 Å². The minimum absolute atomic E-state index is 0.0351. The Morgan fingerprint density at radius 2 is 1.94 bits per heavy atom. The van der Waals surface area contributed by atoms with E-state index in [1.54, 1.807) is 13.0 Å². The SMILES string of the molecule is CCC(=O)c1cc(Cl)cc(Cl)c1OC[C@H](O)CN1CCC2(CC1)Cc1cc(Cl)ccc1O2. The number of piperidine rings is 1. The number of halogens is 3. The molecule has 2 aliphatic rings. The smallest absolute Gasteiger partial charge is 0.166 e. The molecule has 1 atom stereocenters. The molecule has 0 unspecified atom stereocenters. The molecule has 0 saturated carbocycles. The summed E-state index contributed by atoms with van der Waals surface area (Å²) in [5.74, 6) is 1.09. The van der Waals surface area contributed by atoms with E-state index in [0.29, 0.717) is 23.6 Å². The number of carbonyl (C=O) groups is 1. The average Bonchev–Trinajstić information content (AvgIpc) is 3.10. The Kier molecular flexibility index (Phi) is 7.23.